The smallest absolute Gasteiger partial charge is 0.0754 e. The molecule has 4 aliphatic rings. The van der Waals surface area contributed by atoms with E-state index >= 15 is 0 Å². The van der Waals surface area contributed by atoms with Gasteiger partial charge in [-0.15, -0.1) is 0 Å². The number of para-hydroxylation sites is 2. The second-order valence-corrected chi connectivity index (χ2v) is 21.4. The summed E-state index contributed by atoms with van der Waals surface area (Å²) in [7, 11) is 0. The van der Waals surface area contributed by atoms with Gasteiger partial charge in [-0.3, -0.25) is 0 Å². The van der Waals surface area contributed by atoms with E-state index in [1.807, 2.05) is 0 Å². The van der Waals surface area contributed by atoms with E-state index in [2.05, 4.69) is 254 Å². The first-order chi connectivity index (χ1) is 33.3. The van der Waals surface area contributed by atoms with Crippen LogP contribution >= 0.6 is 0 Å². The highest BCUT2D eigenvalue weighted by Crippen LogP contribution is 2.69. The highest BCUT2D eigenvalue weighted by molar-refractivity contribution is 6.02. The lowest BCUT2D eigenvalue weighted by Gasteiger charge is -2.46. The zero-order valence-electron chi connectivity index (χ0n) is 40.9. The van der Waals surface area contributed by atoms with Crippen molar-refractivity contribution < 1.29 is 0 Å². The van der Waals surface area contributed by atoms with Crippen LogP contribution in [-0.4, -0.2) is 0 Å². The summed E-state index contributed by atoms with van der Waals surface area (Å²) in [5.74, 6) is 0. The SMILES string of the molecule is C=C(C)c1ccc2c(c1)C1(c3cc4c(cc3-2)C2(c3cc(C(C)(C)C)ccc3-4)c3ccccc3N(c3ccc(C)cc3)c3ccc(C)cc32)c2ccccc2N(c2ccc(C)cc2)c2cc(C)ccc21. The van der Waals surface area contributed by atoms with Crippen LogP contribution in [0.15, 0.2) is 189 Å². The Bertz CT molecular complexity index is 3670. The molecule has 2 aliphatic heterocycles. The first kappa shape index (κ1) is 41.5. The Morgan fingerprint density at radius 2 is 0.826 bits per heavy atom. The standard InChI is InChI=1S/C67H56N2/c1-40(2)45-24-30-49-51-39-59-52(38-58(51)66(56(49)36-45)53-14-10-13-17-62(53)69(48-28-20-42(4)21-29-48)64-35-44(6)22-32-55(64)66)50-31-25-46(65(7,8)9)37-57(50)67(59)54-15-11-12-16-61(54)68(47-26-18-41(3)19-27-47)63-33-23-43(5)34-60(63)67/h10-39H,1H2,2-9H3. The molecular formula is C67H56N2. The van der Waals surface area contributed by atoms with E-state index in [1.54, 1.807) is 0 Å². The number of aryl methyl sites for hydroxylation is 4. The molecule has 2 spiro atoms. The number of fused-ring (bicyclic) bond motifs is 18. The molecular weight excluding hydrogens is 833 g/mol. The van der Waals surface area contributed by atoms with Gasteiger partial charge in [0.1, 0.15) is 0 Å². The summed E-state index contributed by atoms with van der Waals surface area (Å²) < 4.78 is 0. The molecule has 334 valence electrons. The molecule has 9 aromatic carbocycles. The van der Waals surface area contributed by atoms with Gasteiger partial charge in [0.25, 0.3) is 0 Å². The van der Waals surface area contributed by atoms with Gasteiger partial charge in [0.05, 0.1) is 33.6 Å². The topological polar surface area (TPSA) is 6.48 Å². The second kappa shape index (κ2) is 14.4. The third-order valence-corrected chi connectivity index (χ3v) is 16.0. The highest BCUT2D eigenvalue weighted by Gasteiger charge is 2.56. The van der Waals surface area contributed by atoms with Gasteiger partial charge in [-0.2, -0.15) is 0 Å². The van der Waals surface area contributed by atoms with Crippen LogP contribution in [0.2, 0.25) is 0 Å². The minimum Gasteiger partial charge on any atom is -0.310 e. The molecule has 2 aliphatic carbocycles. The summed E-state index contributed by atoms with van der Waals surface area (Å²) in [4.78, 5) is 5.01. The van der Waals surface area contributed by atoms with Crippen LogP contribution in [0.25, 0.3) is 27.8 Å². The average molecular weight is 889 g/mol. The summed E-state index contributed by atoms with van der Waals surface area (Å²) in [6.07, 6.45) is 0. The van der Waals surface area contributed by atoms with Gasteiger partial charge >= 0.3 is 0 Å². The first-order valence-corrected chi connectivity index (χ1v) is 24.6. The molecule has 2 unspecified atom stereocenters. The van der Waals surface area contributed by atoms with Crippen molar-refractivity contribution in [1.82, 2.24) is 0 Å². The van der Waals surface area contributed by atoms with E-state index in [0.717, 1.165) is 16.9 Å². The number of rotatable bonds is 3. The fraction of sp³-hybridized carbons (Fsp3) is 0.164. The van der Waals surface area contributed by atoms with Crippen LogP contribution in [0.4, 0.5) is 34.1 Å². The molecule has 0 fully saturated rings. The van der Waals surface area contributed by atoms with Gasteiger partial charge in [-0.05, 0) is 190 Å². The van der Waals surface area contributed by atoms with Gasteiger partial charge in [0.15, 0.2) is 0 Å². The molecule has 0 aromatic heterocycles. The van der Waals surface area contributed by atoms with Crippen LogP contribution in [-0.2, 0) is 16.2 Å². The Morgan fingerprint density at radius 1 is 0.377 bits per heavy atom. The molecule has 13 rings (SSSR count). The van der Waals surface area contributed by atoms with Gasteiger partial charge in [-0.25, -0.2) is 0 Å². The summed E-state index contributed by atoms with van der Waals surface area (Å²) in [6.45, 7) is 22.5. The Balaban J connectivity index is 1.18. The van der Waals surface area contributed by atoms with Crippen molar-refractivity contribution in [3.63, 3.8) is 0 Å². The van der Waals surface area contributed by atoms with Crippen molar-refractivity contribution in [1.29, 1.82) is 0 Å². The van der Waals surface area contributed by atoms with Gasteiger partial charge in [0, 0.05) is 11.4 Å². The maximum Gasteiger partial charge on any atom is 0.0754 e. The lowest BCUT2D eigenvalue weighted by Crippen LogP contribution is -2.37. The molecule has 0 saturated carbocycles. The van der Waals surface area contributed by atoms with Crippen LogP contribution in [0.3, 0.4) is 0 Å². The Hall–Kier alpha value is -7.68. The molecule has 0 N–H and O–H groups in total. The number of hydrogen-bond acceptors (Lipinski definition) is 2. The molecule has 2 nitrogen and oxygen atoms in total. The summed E-state index contributed by atoms with van der Waals surface area (Å²) in [6, 6.07) is 70.8. The van der Waals surface area contributed by atoms with Crippen LogP contribution in [0, 0.1) is 27.7 Å². The number of hydrogen-bond donors (Lipinski definition) is 0. The third kappa shape index (κ3) is 5.55. The van der Waals surface area contributed by atoms with Crippen LogP contribution < -0.4 is 9.80 Å². The fourth-order valence-electron chi connectivity index (χ4n) is 12.8. The average Bonchev–Trinajstić information content (AvgIpc) is 3.78. The normalized spacial score (nSPS) is 17.7. The monoisotopic (exact) mass is 888 g/mol. The van der Waals surface area contributed by atoms with E-state index in [9.17, 15) is 0 Å². The van der Waals surface area contributed by atoms with E-state index < -0.39 is 10.8 Å². The zero-order valence-corrected chi connectivity index (χ0v) is 40.9. The van der Waals surface area contributed by atoms with Gasteiger partial charge < -0.3 is 9.80 Å². The van der Waals surface area contributed by atoms with Crippen molar-refractivity contribution in [2.45, 2.75) is 71.6 Å². The van der Waals surface area contributed by atoms with Crippen molar-refractivity contribution in [2.24, 2.45) is 0 Å². The van der Waals surface area contributed by atoms with E-state index in [1.165, 1.54) is 123 Å². The Morgan fingerprint density at radius 3 is 1.41 bits per heavy atom. The molecule has 2 heterocycles. The molecule has 0 saturated heterocycles. The third-order valence-electron chi connectivity index (χ3n) is 16.0. The Kier molecular flexibility index (Phi) is 8.67. The van der Waals surface area contributed by atoms with Gasteiger partial charge in [0.2, 0.25) is 0 Å². The quantitative estimate of drug-likeness (QED) is 0.174. The van der Waals surface area contributed by atoms with Crippen molar-refractivity contribution in [3.05, 3.63) is 266 Å². The fourth-order valence-corrected chi connectivity index (χ4v) is 12.8. The predicted molar refractivity (Wildman–Crippen MR) is 290 cm³/mol. The van der Waals surface area contributed by atoms with Gasteiger partial charge in [-0.1, -0.05) is 165 Å². The highest BCUT2D eigenvalue weighted by atomic mass is 15.2. The number of benzene rings is 9. The molecule has 9 aromatic rings. The van der Waals surface area contributed by atoms with E-state index in [4.69, 9.17) is 0 Å². The maximum absolute atomic E-state index is 4.52. The molecule has 69 heavy (non-hydrogen) atoms. The lowest BCUT2D eigenvalue weighted by atomic mass is 9.62. The van der Waals surface area contributed by atoms with Crippen molar-refractivity contribution >= 4 is 39.7 Å². The number of allylic oxidation sites excluding steroid dienone is 1. The Labute approximate surface area is 407 Å². The van der Waals surface area contributed by atoms with Crippen LogP contribution in [0.1, 0.15) is 106 Å². The molecule has 0 radical (unpaired) electrons. The summed E-state index contributed by atoms with van der Waals surface area (Å²) in [5, 5.41) is 0. The minimum absolute atomic E-state index is 0.0642. The molecule has 0 bridgehead atoms. The molecule has 2 heteroatoms. The predicted octanol–water partition coefficient (Wildman–Crippen LogP) is 17.5. The van der Waals surface area contributed by atoms with Crippen molar-refractivity contribution in [2.75, 3.05) is 9.80 Å². The molecule has 0 amide bonds. The minimum atomic E-state index is -0.631. The van der Waals surface area contributed by atoms with Crippen molar-refractivity contribution in [3.8, 4) is 22.3 Å². The van der Waals surface area contributed by atoms with E-state index in [0.29, 0.717) is 0 Å². The summed E-state index contributed by atoms with van der Waals surface area (Å²) in [5.41, 5.74) is 30.1. The lowest BCUT2D eigenvalue weighted by molar-refractivity contribution is 0.588. The zero-order chi connectivity index (χ0) is 47.3. The summed E-state index contributed by atoms with van der Waals surface area (Å²) >= 11 is 0. The first-order valence-electron chi connectivity index (χ1n) is 24.6. The number of anilines is 6. The molecule has 2 atom stereocenters. The maximum atomic E-state index is 4.52. The second-order valence-electron chi connectivity index (χ2n) is 21.4. The largest absolute Gasteiger partial charge is 0.310 e. The van der Waals surface area contributed by atoms with E-state index in [-0.39, 0.29) is 5.41 Å². The number of nitrogens with zero attached hydrogens (tertiary/aromatic N) is 2. The van der Waals surface area contributed by atoms with Crippen LogP contribution in [0.5, 0.6) is 0 Å².